The summed E-state index contributed by atoms with van der Waals surface area (Å²) < 4.78 is 14.4. The van der Waals surface area contributed by atoms with Crippen molar-refractivity contribution in [2.45, 2.75) is 63.8 Å². The maximum atomic E-state index is 14.4. The molecule has 3 atom stereocenters. The second-order valence-electron chi connectivity index (χ2n) is 6.09. The predicted molar refractivity (Wildman–Crippen MR) is 53.7 cm³/mol. The Kier molecular flexibility index (Phi) is 1.84. The molecule has 0 unspecified atom stereocenters. The van der Waals surface area contributed by atoms with Gasteiger partial charge in [0.2, 0.25) is 0 Å². The highest BCUT2D eigenvalue weighted by Gasteiger charge is 2.70. The minimum absolute atomic E-state index is 0.236. The van der Waals surface area contributed by atoms with Gasteiger partial charge in [-0.05, 0) is 37.5 Å². The molecule has 2 saturated carbocycles. The minimum Gasteiger partial charge on any atom is -0.238 e. The third-order valence-corrected chi connectivity index (χ3v) is 4.88. The fraction of sp³-hybridized carbons (Fsp3) is 1.00. The molecule has 3 fully saturated rings. The molecule has 3 aliphatic rings. The summed E-state index contributed by atoms with van der Waals surface area (Å²) in [5.41, 5.74) is -1.06. The molecule has 0 aromatic heterocycles. The van der Waals surface area contributed by atoms with Crippen molar-refractivity contribution in [2.75, 3.05) is 0 Å². The van der Waals surface area contributed by atoms with E-state index in [4.69, 9.17) is 9.78 Å². The minimum atomic E-state index is -1.30. The van der Waals surface area contributed by atoms with Crippen molar-refractivity contribution in [3.63, 3.8) is 0 Å². The van der Waals surface area contributed by atoms with E-state index in [2.05, 4.69) is 6.92 Å². The standard InChI is InChI=1S/C12H19FO2/c1-10-6-4-3-5-9(10)7-11(2,13)12(8-10)14-15-12/h9H,3-8H2,1-2H3/t9-,10-,11-/m1/s1. The third kappa shape index (κ3) is 1.29. The van der Waals surface area contributed by atoms with E-state index in [1.54, 1.807) is 6.92 Å². The molecule has 1 heterocycles. The van der Waals surface area contributed by atoms with Gasteiger partial charge >= 0.3 is 0 Å². The molecule has 0 bridgehead atoms. The second kappa shape index (κ2) is 2.75. The van der Waals surface area contributed by atoms with E-state index in [-0.39, 0.29) is 5.41 Å². The average Bonchev–Trinajstić information content (AvgIpc) is 2.89. The molecule has 86 valence electrons. The Bertz CT molecular complexity index is 285. The molecular weight excluding hydrogens is 195 g/mol. The quantitative estimate of drug-likeness (QED) is 0.456. The molecule has 0 amide bonds. The number of fused-ring (bicyclic) bond motifs is 1. The van der Waals surface area contributed by atoms with Crippen molar-refractivity contribution in [1.82, 2.24) is 0 Å². The van der Waals surface area contributed by atoms with Crippen LogP contribution in [0, 0.1) is 11.3 Å². The van der Waals surface area contributed by atoms with E-state index < -0.39 is 11.5 Å². The molecule has 2 nitrogen and oxygen atoms in total. The zero-order valence-electron chi connectivity index (χ0n) is 9.51. The summed E-state index contributed by atoms with van der Waals surface area (Å²) in [5, 5.41) is 0. The van der Waals surface area contributed by atoms with Crippen molar-refractivity contribution in [3.05, 3.63) is 0 Å². The summed E-state index contributed by atoms with van der Waals surface area (Å²) in [5.74, 6) is -0.380. The fourth-order valence-electron chi connectivity index (χ4n) is 3.67. The van der Waals surface area contributed by atoms with Crippen LogP contribution in [-0.4, -0.2) is 11.5 Å². The van der Waals surface area contributed by atoms with Crippen LogP contribution in [0.2, 0.25) is 0 Å². The SMILES string of the molecule is C[C@]12CCCC[C@@H]1C[C@@](C)(F)C1(C2)OO1. The van der Waals surface area contributed by atoms with Gasteiger partial charge in [-0.25, -0.2) is 4.39 Å². The molecule has 3 rings (SSSR count). The molecular formula is C12H19FO2. The lowest BCUT2D eigenvalue weighted by Crippen LogP contribution is -2.52. The summed E-state index contributed by atoms with van der Waals surface area (Å²) >= 11 is 0. The first kappa shape index (κ1) is 10.0. The summed E-state index contributed by atoms with van der Waals surface area (Å²) in [6.07, 6.45) is 6.23. The predicted octanol–water partition coefficient (Wildman–Crippen LogP) is 3.36. The number of rotatable bonds is 0. The Morgan fingerprint density at radius 3 is 2.60 bits per heavy atom. The van der Waals surface area contributed by atoms with E-state index in [1.165, 1.54) is 25.7 Å². The molecule has 2 aliphatic carbocycles. The van der Waals surface area contributed by atoms with E-state index in [1.807, 2.05) is 0 Å². The number of alkyl halides is 1. The molecule has 0 radical (unpaired) electrons. The highest BCUT2D eigenvalue weighted by atomic mass is 19.1. The van der Waals surface area contributed by atoms with Crippen LogP contribution >= 0.6 is 0 Å². The summed E-state index contributed by atoms with van der Waals surface area (Å²) in [4.78, 5) is 9.98. The summed E-state index contributed by atoms with van der Waals surface area (Å²) in [7, 11) is 0. The van der Waals surface area contributed by atoms with E-state index in [9.17, 15) is 4.39 Å². The van der Waals surface area contributed by atoms with Crippen LogP contribution in [0.4, 0.5) is 4.39 Å². The topological polar surface area (TPSA) is 25.1 Å². The third-order valence-electron chi connectivity index (χ3n) is 4.88. The van der Waals surface area contributed by atoms with Crippen LogP contribution in [0.25, 0.3) is 0 Å². The normalized spacial score (nSPS) is 52.6. The molecule has 1 saturated heterocycles. The lowest BCUT2D eigenvalue weighted by atomic mass is 9.56. The van der Waals surface area contributed by atoms with Crippen molar-refractivity contribution < 1.29 is 14.2 Å². The number of hydrogen-bond donors (Lipinski definition) is 0. The van der Waals surface area contributed by atoms with Gasteiger partial charge in [0, 0.05) is 6.42 Å². The Balaban J connectivity index is 1.89. The van der Waals surface area contributed by atoms with Crippen LogP contribution in [0.3, 0.4) is 0 Å². The van der Waals surface area contributed by atoms with Gasteiger partial charge in [-0.2, -0.15) is 9.78 Å². The maximum absolute atomic E-state index is 14.4. The zero-order chi connectivity index (χ0) is 10.7. The van der Waals surface area contributed by atoms with Crippen LogP contribution in [-0.2, 0) is 9.78 Å². The van der Waals surface area contributed by atoms with Gasteiger partial charge in [0.25, 0.3) is 5.79 Å². The Hall–Kier alpha value is -0.150. The van der Waals surface area contributed by atoms with Crippen molar-refractivity contribution >= 4 is 0 Å². The van der Waals surface area contributed by atoms with Gasteiger partial charge in [-0.1, -0.05) is 19.8 Å². The summed E-state index contributed by atoms with van der Waals surface area (Å²) in [6.45, 7) is 3.91. The smallest absolute Gasteiger partial charge is 0.238 e. The van der Waals surface area contributed by atoms with Crippen LogP contribution in [0.5, 0.6) is 0 Å². The maximum Gasteiger partial charge on any atom is 0.267 e. The fourth-order valence-corrected chi connectivity index (χ4v) is 3.67. The van der Waals surface area contributed by atoms with Gasteiger partial charge in [-0.3, -0.25) is 0 Å². The first-order valence-electron chi connectivity index (χ1n) is 6.03. The Labute approximate surface area is 90.1 Å². The van der Waals surface area contributed by atoms with E-state index >= 15 is 0 Å². The second-order valence-corrected chi connectivity index (χ2v) is 6.09. The highest BCUT2D eigenvalue weighted by molar-refractivity contribution is 5.08. The lowest BCUT2D eigenvalue weighted by Gasteiger charge is -2.49. The van der Waals surface area contributed by atoms with Crippen molar-refractivity contribution in [3.8, 4) is 0 Å². The van der Waals surface area contributed by atoms with Gasteiger partial charge in [0.1, 0.15) is 0 Å². The molecule has 1 spiro atoms. The molecule has 0 aromatic carbocycles. The van der Waals surface area contributed by atoms with Gasteiger partial charge in [0.15, 0.2) is 5.67 Å². The molecule has 3 heteroatoms. The number of hydrogen-bond acceptors (Lipinski definition) is 2. The van der Waals surface area contributed by atoms with Crippen molar-refractivity contribution in [2.24, 2.45) is 11.3 Å². The van der Waals surface area contributed by atoms with E-state index in [0.717, 1.165) is 6.42 Å². The Morgan fingerprint density at radius 2 is 1.93 bits per heavy atom. The van der Waals surface area contributed by atoms with Gasteiger partial charge < -0.3 is 0 Å². The first-order chi connectivity index (χ1) is 6.98. The van der Waals surface area contributed by atoms with Crippen LogP contribution in [0.1, 0.15) is 52.4 Å². The largest absolute Gasteiger partial charge is 0.267 e. The van der Waals surface area contributed by atoms with Gasteiger partial charge in [-0.15, -0.1) is 0 Å². The van der Waals surface area contributed by atoms with Crippen LogP contribution in [0.15, 0.2) is 0 Å². The van der Waals surface area contributed by atoms with E-state index in [0.29, 0.717) is 12.3 Å². The first-order valence-corrected chi connectivity index (χ1v) is 6.03. The number of halogens is 1. The average molecular weight is 214 g/mol. The zero-order valence-corrected chi connectivity index (χ0v) is 9.51. The molecule has 15 heavy (non-hydrogen) atoms. The lowest BCUT2D eigenvalue weighted by molar-refractivity contribution is -0.0870. The Morgan fingerprint density at radius 1 is 1.20 bits per heavy atom. The summed E-state index contributed by atoms with van der Waals surface area (Å²) in [6, 6.07) is 0. The molecule has 0 aromatic rings. The monoisotopic (exact) mass is 214 g/mol. The van der Waals surface area contributed by atoms with Gasteiger partial charge in [0.05, 0.1) is 0 Å². The van der Waals surface area contributed by atoms with Crippen molar-refractivity contribution in [1.29, 1.82) is 0 Å². The molecule has 0 N–H and O–H groups in total. The highest BCUT2D eigenvalue weighted by Crippen LogP contribution is 2.63. The van der Waals surface area contributed by atoms with Crippen LogP contribution < -0.4 is 0 Å². The molecule has 1 aliphatic heterocycles.